The van der Waals surface area contributed by atoms with Gasteiger partial charge in [-0.05, 0) is 37.5 Å². The van der Waals surface area contributed by atoms with E-state index in [1.165, 1.54) is 12.1 Å². The monoisotopic (exact) mass is 300 g/mol. The molecule has 1 aromatic rings. The minimum Gasteiger partial charge on any atom is -0.369 e. The van der Waals surface area contributed by atoms with Gasteiger partial charge in [-0.2, -0.15) is 0 Å². The first-order chi connectivity index (χ1) is 9.31. The maximum Gasteiger partial charge on any atom is 0.241 e. The first kappa shape index (κ1) is 14.9. The normalized spacial score (nSPS) is 22.9. The van der Waals surface area contributed by atoms with Crippen molar-refractivity contribution in [1.29, 1.82) is 0 Å². The second-order valence-electron chi connectivity index (χ2n) is 5.08. The number of hydrogen-bond donors (Lipinski definition) is 2. The summed E-state index contributed by atoms with van der Waals surface area (Å²) < 4.78 is 40.3. The fraction of sp³-hybridized carbons (Fsp3) is 0.462. The van der Waals surface area contributed by atoms with Crippen LogP contribution in [0.4, 0.5) is 4.39 Å². The molecule has 20 heavy (non-hydrogen) atoms. The highest BCUT2D eigenvalue weighted by Gasteiger charge is 2.35. The fourth-order valence-electron chi connectivity index (χ4n) is 2.57. The Bertz CT molecular complexity index is 631. The van der Waals surface area contributed by atoms with Gasteiger partial charge >= 0.3 is 0 Å². The lowest BCUT2D eigenvalue weighted by molar-refractivity contribution is -0.122. The van der Waals surface area contributed by atoms with Crippen molar-refractivity contribution in [3.63, 3.8) is 0 Å². The Kier molecular flexibility index (Phi) is 4.10. The van der Waals surface area contributed by atoms with Crippen molar-refractivity contribution in [3.05, 3.63) is 29.6 Å². The van der Waals surface area contributed by atoms with Gasteiger partial charge in [0, 0.05) is 6.04 Å². The quantitative estimate of drug-likeness (QED) is 0.871. The number of carbonyl (C=O) groups is 1. The van der Waals surface area contributed by atoms with Crippen molar-refractivity contribution < 1.29 is 17.6 Å². The molecule has 1 aromatic carbocycles. The molecule has 1 aliphatic carbocycles. The summed E-state index contributed by atoms with van der Waals surface area (Å²) in [7, 11) is -3.86. The van der Waals surface area contributed by atoms with Crippen LogP contribution in [0, 0.1) is 18.7 Å². The van der Waals surface area contributed by atoms with E-state index < -0.39 is 33.7 Å². The van der Waals surface area contributed by atoms with Crippen molar-refractivity contribution in [2.24, 2.45) is 11.7 Å². The van der Waals surface area contributed by atoms with Crippen molar-refractivity contribution >= 4 is 15.9 Å². The molecule has 7 heteroatoms. The van der Waals surface area contributed by atoms with Crippen molar-refractivity contribution in [2.45, 2.75) is 37.1 Å². The van der Waals surface area contributed by atoms with E-state index in [1.807, 2.05) is 0 Å². The third-order valence-corrected chi connectivity index (χ3v) is 5.26. The Morgan fingerprint density at radius 1 is 1.40 bits per heavy atom. The van der Waals surface area contributed by atoms with Crippen LogP contribution >= 0.6 is 0 Å². The summed E-state index contributed by atoms with van der Waals surface area (Å²) in [6, 6.07) is 3.08. The Hall–Kier alpha value is -1.47. The van der Waals surface area contributed by atoms with E-state index in [2.05, 4.69) is 4.72 Å². The lowest BCUT2D eigenvalue weighted by atomic mass is 10.0. The Balaban J connectivity index is 2.27. The van der Waals surface area contributed by atoms with Crippen LogP contribution in [-0.4, -0.2) is 20.4 Å². The Labute approximate surface area is 117 Å². The lowest BCUT2D eigenvalue weighted by Gasteiger charge is -2.19. The molecule has 110 valence electrons. The molecule has 1 fully saturated rings. The molecule has 0 saturated heterocycles. The molecule has 1 amide bonds. The molecule has 0 aliphatic heterocycles. The van der Waals surface area contributed by atoms with Crippen LogP contribution in [0.15, 0.2) is 23.1 Å². The number of halogens is 1. The van der Waals surface area contributed by atoms with E-state index in [9.17, 15) is 17.6 Å². The summed E-state index contributed by atoms with van der Waals surface area (Å²) in [6.07, 6.45) is 1.87. The van der Waals surface area contributed by atoms with Crippen molar-refractivity contribution in [1.82, 2.24) is 4.72 Å². The number of rotatable bonds is 4. The molecular weight excluding hydrogens is 283 g/mol. The van der Waals surface area contributed by atoms with Gasteiger partial charge in [-0.25, -0.2) is 17.5 Å². The summed E-state index contributed by atoms with van der Waals surface area (Å²) in [5.74, 6) is -1.63. The highest BCUT2D eigenvalue weighted by Crippen LogP contribution is 2.27. The van der Waals surface area contributed by atoms with Crippen LogP contribution in [0.3, 0.4) is 0 Å². The number of benzene rings is 1. The number of aryl methyl sites for hydroxylation is 1. The van der Waals surface area contributed by atoms with Gasteiger partial charge in [-0.3, -0.25) is 4.79 Å². The number of nitrogens with two attached hydrogens (primary N) is 1. The third-order valence-electron chi connectivity index (χ3n) is 3.63. The van der Waals surface area contributed by atoms with Gasteiger partial charge < -0.3 is 5.73 Å². The number of carbonyl (C=O) groups excluding carboxylic acids is 1. The molecule has 0 radical (unpaired) electrons. The van der Waals surface area contributed by atoms with E-state index in [0.29, 0.717) is 18.4 Å². The largest absolute Gasteiger partial charge is 0.369 e. The molecule has 2 unspecified atom stereocenters. The van der Waals surface area contributed by atoms with Crippen molar-refractivity contribution in [3.8, 4) is 0 Å². The van der Waals surface area contributed by atoms with Gasteiger partial charge in [0.2, 0.25) is 15.9 Å². The molecule has 0 bridgehead atoms. The highest BCUT2D eigenvalue weighted by molar-refractivity contribution is 7.89. The molecule has 5 nitrogen and oxygen atoms in total. The highest BCUT2D eigenvalue weighted by atomic mass is 32.2. The van der Waals surface area contributed by atoms with Crippen LogP contribution in [0.25, 0.3) is 0 Å². The maximum absolute atomic E-state index is 13.2. The predicted octanol–water partition coefficient (Wildman–Crippen LogP) is 1.07. The second-order valence-corrected chi connectivity index (χ2v) is 6.76. The summed E-state index contributed by atoms with van der Waals surface area (Å²) >= 11 is 0. The van der Waals surface area contributed by atoms with E-state index in [-0.39, 0.29) is 4.90 Å². The number of nitrogens with one attached hydrogen (secondary N) is 1. The Morgan fingerprint density at radius 3 is 2.75 bits per heavy atom. The van der Waals surface area contributed by atoms with E-state index in [1.54, 1.807) is 6.92 Å². The van der Waals surface area contributed by atoms with Gasteiger partial charge in [0.25, 0.3) is 0 Å². The molecule has 0 spiro atoms. The SMILES string of the molecule is Cc1ccc(F)cc1S(=O)(=O)NC1CCCC1C(N)=O. The van der Waals surface area contributed by atoms with Crippen LogP contribution in [0.5, 0.6) is 0 Å². The summed E-state index contributed by atoms with van der Waals surface area (Å²) in [5.41, 5.74) is 5.72. The molecule has 2 rings (SSSR count). The number of hydrogen-bond acceptors (Lipinski definition) is 3. The molecule has 3 N–H and O–H groups in total. The van der Waals surface area contributed by atoms with Crippen LogP contribution in [-0.2, 0) is 14.8 Å². The zero-order valence-electron chi connectivity index (χ0n) is 11.1. The first-order valence-corrected chi connectivity index (χ1v) is 7.87. The van der Waals surface area contributed by atoms with Crippen LogP contribution < -0.4 is 10.5 Å². The van der Waals surface area contributed by atoms with Crippen LogP contribution in [0.1, 0.15) is 24.8 Å². The van der Waals surface area contributed by atoms with Crippen LogP contribution in [0.2, 0.25) is 0 Å². The average Bonchev–Trinajstić information content (AvgIpc) is 2.79. The zero-order valence-corrected chi connectivity index (χ0v) is 11.9. The summed E-state index contributed by atoms with van der Waals surface area (Å²) in [6.45, 7) is 1.59. The first-order valence-electron chi connectivity index (χ1n) is 6.39. The molecular formula is C13H17FN2O3S. The molecule has 1 saturated carbocycles. The van der Waals surface area contributed by atoms with E-state index >= 15 is 0 Å². The summed E-state index contributed by atoms with van der Waals surface area (Å²) in [5, 5.41) is 0. The maximum atomic E-state index is 13.2. The van der Waals surface area contributed by atoms with Gasteiger partial charge in [0.1, 0.15) is 5.82 Å². The second kappa shape index (κ2) is 5.49. The molecule has 0 aromatic heterocycles. The topological polar surface area (TPSA) is 89.3 Å². The number of amides is 1. The predicted molar refractivity (Wildman–Crippen MR) is 71.8 cm³/mol. The minimum atomic E-state index is -3.86. The van der Waals surface area contributed by atoms with E-state index in [0.717, 1.165) is 12.5 Å². The van der Waals surface area contributed by atoms with E-state index in [4.69, 9.17) is 5.73 Å². The average molecular weight is 300 g/mol. The minimum absolute atomic E-state index is 0.104. The lowest BCUT2D eigenvalue weighted by Crippen LogP contribution is -2.42. The number of sulfonamides is 1. The summed E-state index contributed by atoms with van der Waals surface area (Å²) in [4.78, 5) is 11.2. The van der Waals surface area contributed by atoms with Gasteiger partial charge in [-0.1, -0.05) is 12.5 Å². The van der Waals surface area contributed by atoms with Gasteiger partial charge in [-0.15, -0.1) is 0 Å². The standard InChI is InChI=1S/C13H17FN2O3S/c1-8-5-6-9(14)7-12(8)20(18,19)16-11-4-2-3-10(11)13(15)17/h5-7,10-11,16H,2-4H2,1H3,(H2,15,17). The van der Waals surface area contributed by atoms with Crippen molar-refractivity contribution in [2.75, 3.05) is 0 Å². The molecule has 2 atom stereocenters. The zero-order chi connectivity index (χ0) is 14.9. The Morgan fingerprint density at radius 2 is 2.10 bits per heavy atom. The van der Waals surface area contributed by atoms with Gasteiger partial charge in [0.15, 0.2) is 0 Å². The smallest absolute Gasteiger partial charge is 0.241 e. The molecule has 0 heterocycles. The fourth-order valence-corrected chi connectivity index (χ4v) is 4.14. The number of primary amides is 1. The third kappa shape index (κ3) is 2.99. The molecule has 1 aliphatic rings. The van der Waals surface area contributed by atoms with Gasteiger partial charge in [0.05, 0.1) is 10.8 Å².